The molecule has 0 amide bonds. The van der Waals surface area contributed by atoms with Gasteiger partial charge in [0.15, 0.2) is 0 Å². The summed E-state index contributed by atoms with van der Waals surface area (Å²) in [5.74, 6) is 1.72. The monoisotopic (exact) mass is 243 g/mol. The minimum atomic E-state index is 0.604. The summed E-state index contributed by atoms with van der Waals surface area (Å²) < 4.78 is 0. The summed E-state index contributed by atoms with van der Waals surface area (Å²) in [4.78, 5) is 0. The number of nitrogens with one attached hydrogen (secondary N) is 1. The Morgan fingerprint density at radius 1 is 1.06 bits per heavy atom. The maximum absolute atomic E-state index is 3.95. The minimum Gasteiger partial charge on any atom is -0.307 e. The van der Waals surface area contributed by atoms with Gasteiger partial charge in [0.1, 0.15) is 0 Å². The van der Waals surface area contributed by atoms with Gasteiger partial charge in [0.05, 0.1) is 0 Å². The molecular formula is C17H25N. The first-order valence-corrected chi connectivity index (χ1v) is 7.59. The zero-order chi connectivity index (χ0) is 12.5. The van der Waals surface area contributed by atoms with Gasteiger partial charge in [-0.1, -0.05) is 38.1 Å². The van der Waals surface area contributed by atoms with Gasteiger partial charge in [-0.3, -0.25) is 0 Å². The molecular weight excluding hydrogens is 218 g/mol. The molecule has 1 aromatic carbocycles. The Bertz CT molecular complexity index is 412. The van der Waals surface area contributed by atoms with Crippen molar-refractivity contribution in [2.45, 2.75) is 58.0 Å². The van der Waals surface area contributed by atoms with Gasteiger partial charge in [0.2, 0.25) is 0 Å². The van der Waals surface area contributed by atoms with Crippen LogP contribution in [0.4, 0.5) is 0 Å². The largest absolute Gasteiger partial charge is 0.307 e. The van der Waals surface area contributed by atoms with Crippen LogP contribution in [0.1, 0.15) is 56.7 Å². The van der Waals surface area contributed by atoms with E-state index in [-0.39, 0.29) is 0 Å². The van der Waals surface area contributed by atoms with Gasteiger partial charge in [0, 0.05) is 12.1 Å². The maximum atomic E-state index is 3.95. The van der Waals surface area contributed by atoms with E-state index in [2.05, 4.69) is 43.4 Å². The molecule has 1 heteroatoms. The van der Waals surface area contributed by atoms with Gasteiger partial charge in [0.25, 0.3) is 0 Å². The van der Waals surface area contributed by atoms with E-state index in [1.807, 2.05) is 0 Å². The Balaban J connectivity index is 1.75. The van der Waals surface area contributed by atoms with E-state index in [1.165, 1.54) is 32.1 Å². The molecule has 0 aliphatic heterocycles. The van der Waals surface area contributed by atoms with Crippen LogP contribution in [0.5, 0.6) is 0 Å². The van der Waals surface area contributed by atoms with Crippen molar-refractivity contribution >= 4 is 0 Å². The molecule has 18 heavy (non-hydrogen) atoms. The molecule has 1 saturated carbocycles. The van der Waals surface area contributed by atoms with Gasteiger partial charge >= 0.3 is 0 Å². The summed E-state index contributed by atoms with van der Waals surface area (Å²) in [6.45, 7) is 4.82. The second-order valence-corrected chi connectivity index (χ2v) is 6.33. The number of fused-ring (bicyclic) bond motifs is 1. The lowest BCUT2D eigenvalue weighted by molar-refractivity contribution is 0.322. The van der Waals surface area contributed by atoms with E-state index in [0.29, 0.717) is 6.04 Å². The minimum absolute atomic E-state index is 0.604. The predicted octanol–water partition coefficient (Wildman–Crippen LogP) is 4.09. The predicted molar refractivity (Wildman–Crippen MR) is 76.6 cm³/mol. The Morgan fingerprint density at radius 2 is 1.89 bits per heavy atom. The number of hydrogen-bond donors (Lipinski definition) is 1. The third kappa shape index (κ3) is 2.21. The molecule has 1 N–H and O–H groups in total. The summed E-state index contributed by atoms with van der Waals surface area (Å²) in [7, 11) is 0. The number of hydrogen-bond acceptors (Lipinski definition) is 1. The molecule has 3 rings (SSSR count). The number of rotatable bonds is 2. The third-order valence-corrected chi connectivity index (χ3v) is 5.25. The van der Waals surface area contributed by atoms with Gasteiger partial charge < -0.3 is 5.32 Å². The zero-order valence-corrected chi connectivity index (χ0v) is 11.7. The highest BCUT2D eigenvalue weighted by Gasteiger charge is 2.32. The normalized spacial score (nSPS) is 35.4. The van der Waals surface area contributed by atoms with E-state index >= 15 is 0 Å². The SMILES string of the molecule is CC1CCC(NC2CCCc3ccccc32)C1C. The molecule has 0 heterocycles. The van der Waals surface area contributed by atoms with Gasteiger partial charge in [-0.15, -0.1) is 0 Å². The van der Waals surface area contributed by atoms with E-state index in [1.54, 1.807) is 11.1 Å². The van der Waals surface area contributed by atoms with Crippen molar-refractivity contribution in [3.05, 3.63) is 35.4 Å². The lowest BCUT2D eigenvalue weighted by atomic mass is 9.86. The molecule has 2 aliphatic rings. The third-order valence-electron chi connectivity index (χ3n) is 5.25. The first kappa shape index (κ1) is 12.2. The van der Waals surface area contributed by atoms with Gasteiger partial charge in [-0.2, -0.15) is 0 Å². The van der Waals surface area contributed by atoms with Crippen LogP contribution in [0.2, 0.25) is 0 Å². The zero-order valence-electron chi connectivity index (χ0n) is 11.7. The van der Waals surface area contributed by atoms with Crippen molar-refractivity contribution < 1.29 is 0 Å². The van der Waals surface area contributed by atoms with Crippen LogP contribution in [-0.2, 0) is 6.42 Å². The average Bonchev–Trinajstić information content (AvgIpc) is 2.71. The van der Waals surface area contributed by atoms with E-state index in [0.717, 1.165) is 17.9 Å². The highest BCUT2D eigenvalue weighted by atomic mass is 15.0. The molecule has 0 spiro atoms. The fraction of sp³-hybridized carbons (Fsp3) is 0.647. The molecule has 0 aromatic heterocycles. The summed E-state index contributed by atoms with van der Waals surface area (Å²) in [5, 5.41) is 3.95. The standard InChI is InChI=1S/C17H25N/c1-12-10-11-16(13(12)2)18-17-9-5-7-14-6-3-4-8-15(14)17/h3-4,6,8,12-13,16-18H,5,7,9-11H2,1-2H3. The van der Waals surface area contributed by atoms with Gasteiger partial charge in [-0.05, 0) is 55.1 Å². The van der Waals surface area contributed by atoms with Crippen LogP contribution in [0.3, 0.4) is 0 Å². The highest BCUT2D eigenvalue weighted by Crippen LogP contribution is 2.35. The molecule has 2 aliphatic carbocycles. The van der Waals surface area contributed by atoms with Crippen LogP contribution < -0.4 is 5.32 Å². The fourth-order valence-electron chi connectivity index (χ4n) is 3.79. The van der Waals surface area contributed by atoms with Crippen LogP contribution >= 0.6 is 0 Å². The van der Waals surface area contributed by atoms with Crippen molar-refractivity contribution in [3.8, 4) is 0 Å². The molecule has 1 fully saturated rings. The lowest BCUT2D eigenvalue weighted by Crippen LogP contribution is -2.37. The quantitative estimate of drug-likeness (QED) is 0.825. The summed E-state index contributed by atoms with van der Waals surface area (Å²) in [6.07, 6.45) is 6.68. The summed E-state index contributed by atoms with van der Waals surface area (Å²) >= 11 is 0. The van der Waals surface area contributed by atoms with Crippen molar-refractivity contribution in [1.82, 2.24) is 5.32 Å². The molecule has 0 saturated heterocycles. The second-order valence-electron chi connectivity index (χ2n) is 6.33. The Hall–Kier alpha value is -0.820. The maximum Gasteiger partial charge on any atom is 0.0325 e. The molecule has 4 atom stereocenters. The molecule has 4 unspecified atom stereocenters. The van der Waals surface area contributed by atoms with Gasteiger partial charge in [-0.25, -0.2) is 0 Å². The van der Waals surface area contributed by atoms with Crippen LogP contribution in [0.15, 0.2) is 24.3 Å². The number of benzene rings is 1. The summed E-state index contributed by atoms with van der Waals surface area (Å²) in [6, 6.07) is 10.4. The first-order valence-electron chi connectivity index (χ1n) is 7.59. The second kappa shape index (κ2) is 5.05. The van der Waals surface area contributed by atoms with E-state index in [4.69, 9.17) is 0 Å². The molecule has 1 nitrogen and oxygen atoms in total. The van der Waals surface area contributed by atoms with Crippen LogP contribution in [0, 0.1) is 11.8 Å². The van der Waals surface area contributed by atoms with E-state index in [9.17, 15) is 0 Å². The average molecular weight is 243 g/mol. The van der Waals surface area contributed by atoms with Crippen molar-refractivity contribution in [1.29, 1.82) is 0 Å². The van der Waals surface area contributed by atoms with E-state index < -0.39 is 0 Å². The Morgan fingerprint density at radius 3 is 2.67 bits per heavy atom. The molecule has 0 radical (unpaired) electrons. The fourth-order valence-corrected chi connectivity index (χ4v) is 3.79. The number of aryl methyl sites for hydroxylation is 1. The topological polar surface area (TPSA) is 12.0 Å². The van der Waals surface area contributed by atoms with Crippen LogP contribution in [-0.4, -0.2) is 6.04 Å². The molecule has 1 aromatic rings. The van der Waals surface area contributed by atoms with Crippen molar-refractivity contribution in [2.24, 2.45) is 11.8 Å². The highest BCUT2D eigenvalue weighted by molar-refractivity contribution is 5.32. The Labute approximate surface area is 111 Å². The van der Waals surface area contributed by atoms with Crippen molar-refractivity contribution in [2.75, 3.05) is 0 Å². The molecule has 98 valence electrons. The summed E-state index contributed by atoms with van der Waals surface area (Å²) in [5.41, 5.74) is 3.13. The molecule has 0 bridgehead atoms. The van der Waals surface area contributed by atoms with Crippen LogP contribution in [0.25, 0.3) is 0 Å². The Kier molecular flexibility index (Phi) is 3.43. The smallest absolute Gasteiger partial charge is 0.0325 e. The lowest BCUT2D eigenvalue weighted by Gasteiger charge is -2.31. The first-order chi connectivity index (χ1) is 8.75. The van der Waals surface area contributed by atoms with Crippen molar-refractivity contribution in [3.63, 3.8) is 0 Å².